The van der Waals surface area contributed by atoms with Gasteiger partial charge in [0.05, 0.1) is 4.91 Å². The van der Waals surface area contributed by atoms with Crippen molar-refractivity contribution >= 4 is 35.0 Å². The number of thioether (sulfide) groups is 1. The quantitative estimate of drug-likeness (QED) is 0.811. The summed E-state index contributed by atoms with van der Waals surface area (Å²) in [4.78, 5) is 32.9. The molecule has 6 nitrogen and oxygen atoms in total. The highest BCUT2D eigenvalue weighted by Crippen LogP contribution is 2.26. The highest BCUT2D eigenvalue weighted by Gasteiger charge is 2.24. The Morgan fingerprint density at radius 2 is 2.00 bits per heavy atom. The summed E-state index contributed by atoms with van der Waals surface area (Å²) < 4.78 is 4.97. The van der Waals surface area contributed by atoms with E-state index in [1.54, 1.807) is 30.3 Å². The lowest BCUT2D eigenvalue weighted by Crippen LogP contribution is -2.17. The number of imide groups is 1. The van der Waals surface area contributed by atoms with Crippen LogP contribution in [0.5, 0.6) is 5.75 Å². The molecule has 0 spiro atoms. The highest BCUT2D eigenvalue weighted by atomic mass is 32.2. The van der Waals surface area contributed by atoms with Crippen molar-refractivity contribution in [1.29, 1.82) is 0 Å². The first kappa shape index (κ1) is 13.2. The molecule has 1 aliphatic rings. The van der Waals surface area contributed by atoms with Crippen LogP contribution in [-0.2, 0) is 9.59 Å². The number of rotatable bonds is 4. The van der Waals surface area contributed by atoms with Gasteiger partial charge < -0.3 is 9.84 Å². The number of carboxylic acid groups (broad SMARTS) is 1. The molecule has 1 fully saturated rings. The summed E-state index contributed by atoms with van der Waals surface area (Å²) in [6.07, 6.45) is 1.58. The first-order valence-electron chi connectivity index (χ1n) is 5.24. The number of ether oxygens (including phenoxy) is 1. The first-order chi connectivity index (χ1) is 9.04. The van der Waals surface area contributed by atoms with E-state index in [1.807, 2.05) is 0 Å². The number of carbonyl (C=O) groups is 3. The van der Waals surface area contributed by atoms with E-state index in [0.29, 0.717) is 10.7 Å². The van der Waals surface area contributed by atoms with E-state index in [2.05, 4.69) is 5.32 Å². The van der Waals surface area contributed by atoms with Gasteiger partial charge in [0, 0.05) is 0 Å². The molecule has 19 heavy (non-hydrogen) atoms. The van der Waals surface area contributed by atoms with Crippen LogP contribution in [0.4, 0.5) is 4.79 Å². The van der Waals surface area contributed by atoms with Crippen LogP contribution in [0, 0.1) is 0 Å². The maximum Gasteiger partial charge on any atom is 0.341 e. The van der Waals surface area contributed by atoms with Crippen molar-refractivity contribution in [2.75, 3.05) is 6.61 Å². The standard InChI is InChI=1S/C12H9NO5S/c14-10(15)6-18-8-3-1-7(2-4-8)5-9-11(16)13-12(17)19-9/h1-5H,6H2,(H,14,15)(H,13,16,17)/b9-5-. The third kappa shape index (κ3) is 3.59. The second-order valence-electron chi connectivity index (χ2n) is 3.60. The molecule has 1 heterocycles. The van der Waals surface area contributed by atoms with Crippen LogP contribution < -0.4 is 10.1 Å². The number of benzene rings is 1. The molecule has 1 saturated heterocycles. The summed E-state index contributed by atoms with van der Waals surface area (Å²) in [5.74, 6) is -1.05. The Bertz CT molecular complexity index is 564. The number of hydrogen-bond donors (Lipinski definition) is 2. The second-order valence-corrected chi connectivity index (χ2v) is 4.62. The third-order valence-corrected chi connectivity index (χ3v) is 2.99. The normalized spacial score (nSPS) is 16.5. The van der Waals surface area contributed by atoms with Gasteiger partial charge in [0.25, 0.3) is 11.1 Å². The van der Waals surface area contributed by atoms with Crippen molar-refractivity contribution in [1.82, 2.24) is 5.32 Å². The Balaban J connectivity index is 2.06. The first-order valence-corrected chi connectivity index (χ1v) is 6.06. The molecular formula is C12H9NO5S. The molecule has 1 aliphatic heterocycles. The number of amides is 2. The van der Waals surface area contributed by atoms with Gasteiger partial charge in [0.1, 0.15) is 5.75 Å². The van der Waals surface area contributed by atoms with Gasteiger partial charge in [-0.1, -0.05) is 12.1 Å². The van der Waals surface area contributed by atoms with Crippen molar-refractivity contribution in [3.05, 3.63) is 34.7 Å². The molecule has 2 N–H and O–H groups in total. The minimum Gasteiger partial charge on any atom is -0.482 e. The second kappa shape index (κ2) is 5.57. The van der Waals surface area contributed by atoms with E-state index in [1.165, 1.54) is 0 Å². The van der Waals surface area contributed by atoms with Gasteiger partial charge in [-0.2, -0.15) is 0 Å². The zero-order valence-electron chi connectivity index (χ0n) is 9.58. The van der Waals surface area contributed by atoms with Crippen LogP contribution in [0.2, 0.25) is 0 Å². The zero-order valence-corrected chi connectivity index (χ0v) is 10.4. The summed E-state index contributed by atoms with van der Waals surface area (Å²) in [6.45, 7) is -0.410. The Morgan fingerprint density at radius 1 is 1.32 bits per heavy atom. The molecule has 1 aromatic carbocycles. The summed E-state index contributed by atoms with van der Waals surface area (Å²) in [6, 6.07) is 6.52. The number of carboxylic acids is 1. The summed E-state index contributed by atoms with van der Waals surface area (Å²) in [5, 5.41) is 10.2. The van der Waals surface area contributed by atoms with Gasteiger partial charge in [-0.05, 0) is 35.5 Å². The molecular weight excluding hydrogens is 270 g/mol. The Labute approximate surface area is 112 Å². The summed E-state index contributed by atoms with van der Waals surface area (Å²) in [7, 11) is 0. The van der Waals surface area contributed by atoms with Crippen molar-refractivity contribution in [2.24, 2.45) is 0 Å². The predicted molar refractivity (Wildman–Crippen MR) is 68.7 cm³/mol. The fourth-order valence-corrected chi connectivity index (χ4v) is 2.06. The lowest BCUT2D eigenvalue weighted by molar-refractivity contribution is -0.139. The van der Waals surface area contributed by atoms with Gasteiger partial charge in [0.15, 0.2) is 6.61 Å². The van der Waals surface area contributed by atoms with Gasteiger partial charge >= 0.3 is 5.97 Å². The molecule has 2 rings (SSSR count). The number of aliphatic carboxylic acids is 1. The average Bonchev–Trinajstić information content (AvgIpc) is 2.67. The molecule has 0 atom stereocenters. The predicted octanol–water partition coefficient (Wildman–Crippen LogP) is 1.47. The third-order valence-electron chi connectivity index (χ3n) is 2.18. The van der Waals surface area contributed by atoms with E-state index >= 15 is 0 Å². The molecule has 0 aromatic heterocycles. The molecule has 0 unspecified atom stereocenters. The Morgan fingerprint density at radius 3 is 2.53 bits per heavy atom. The van der Waals surface area contributed by atoms with Gasteiger partial charge in [0.2, 0.25) is 0 Å². The smallest absolute Gasteiger partial charge is 0.341 e. The van der Waals surface area contributed by atoms with Crippen LogP contribution in [0.1, 0.15) is 5.56 Å². The Kier molecular flexibility index (Phi) is 3.86. The largest absolute Gasteiger partial charge is 0.482 e. The molecule has 0 saturated carbocycles. The minimum absolute atomic E-state index is 0.323. The van der Waals surface area contributed by atoms with E-state index in [0.717, 1.165) is 17.3 Å². The number of nitrogens with one attached hydrogen (secondary N) is 1. The highest BCUT2D eigenvalue weighted by molar-refractivity contribution is 8.18. The monoisotopic (exact) mass is 279 g/mol. The Hall–Kier alpha value is -2.28. The summed E-state index contributed by atoms with van der Waals surface area (Å²) >= 11 is 0.839. The zero-order chi connectivity index (χ0) is 13.8. The molecule has 0 bridgehead atoms. The lowest BCUT2D eigenvalue weighted by Gasteiger charge is -2.03. The molecule has 7 heteroatoms. The van der Waals surface area contributed by atoms with E-state index in [9.17, 15) is 14.4 Å². The molecule has 0 aliphatic carbocycles. The van der Waals surface area contributed by atoms with E-state index in [4.69, 9.17) is 9.84 Å². The van der Waals surface area contributed by atoms with Crippen molar-refractivity contribution in [3.8, 4) is 5.75 Å². The fraction of sp³-hybridized carbons (Fsp3) is 0.0833. The topological polar surface area (TPSA) is 92.7 Å². The average molecular weight is 279 g/mol. The van der Waals surface area contributed by atoms with Crippen LogP contribution in [0.15, 0.2) is 29.2 Å². The van der Waals surface area contributed by atoms with Gasteiger partial charge in [-0.3, -0.25) is 14.9 Å². The SMILES string of the molecule is O=C(O)COc1ccc(/C=C2\SC(=O)NC2=O)cc1. The molecule has 1 aromatic rings. The van der Waals surface area contributed by atoms with Crippen LogP contribution in [-0.4, -0.2) is 28.8 Å². The van der Waals surface area contributed by atoms with Crippen LogP contribution >= 0.6 is 11.8 Å². The molecule has 0 radical (unpaired) electrons. The fourth-order valence-electron chi connectivity index (χ4n) is 1.38. The summed E-state index contributed by atoms with van der Waals surface area (Å²) in [5.41, 5.74) is 0.718. The molecule has 98 valence electrons. The van der Waals surface area contributed by atoms with E-state index in [-0.39, 0.29) is 0 Å². The van der Waals surface area contributed by atoms with Gasteiger partial charge in [-0.25, -0.2) is 4.79 Å². The van der Waals surface area contributed by atoms with Gasteiger partial charge in [-0.15, -0.1) is 0 Å². The number of hydrogen-bond acceptors (Lipinski definition) is 5. The lowest BCUT2D eigenvalue weighted by atomic mass is 10.2. The number of carbonyl (C=O) groups excluding carboxylic acids is 2. The van der Waals surface area contributed by atoms with Crippen molar-refractivity contribution in [3.63, 3.8) is 0 Å². The molecule has 2 amide bonds. The maximum absolute atomic E-state index is 11.3. The van der Waals surface area contributed by atoms with Crippen molar-refractivity contribution < 1.29 is 24.2 Å². The maximum atomic E-state index is 11.3. The van der Waals surface area contributed by atoms with Crippen molar-refractivity contribution in [2.45, 2.75) is 0 Å². The van der Waals surface area contributed by atoms with Crippen LogP contribution in [0.25, 0.3) is 6.08 Å². The minimum atomic E-state index is -1.05. The van der Waals surface area contributed by atoms with E-state index < -0.39 is 23.7 Å². The van der Waals surface area contributed by atoms with Crippen LogP contribution in [0.3, 0.4) is 0 Å².